The van der Waals surface area contributed by atoms with E-state index >= 15 is 0 Å². The zero-order valence-electron chi connectivity index (χ0n) is 11.8. The Balaban J connectivity index is 2.38. The van der Waals surface area contributed by atoms with Gasteiger partial charge in [-0.05, 0) is 31.5 Å². The van der Waals surface area contributed by atoms with Crippen LogP contribution in [0.4, 0.5) is 0 Å². The number of rotatable bonds is 4. The molecule has 1 amide bonds. The molecule has 1 unspecified atom stereocenters. The Kier molecular flexibility index (Phi) is 4.08. The maximum Gasteiger partial charge on any atom is 0.217 e. The number of amides is 1. The predicted molar refractivity (Wildman–Crippen MR) is 78.1 cm³/mol. The van der Waals surface area contributed by atoms with Crippen molar-refractivity contribution < 1.29 is 9.53 Å². The van der Waals surface area contributed by atoms with Gasteiger partial charge in [-0.1, -0.05) is 0 Å². The largest absolute Gasteiger partial charge is 0.497 e. The molecule has 1 heterocycles. The van der Waals surface area contributed by atoms with Crippen molar-refractivity contribution in [2.24, 2.45) is 0 Å². The number of hydrogen-bond donors (Lipinski definition) is 2. The highest BCUT2D eigenvalue weighted by molar-refractivity contribution is 5.80. The number of carbonyl (C=O) groups is 1. The first kappa shape index (κ1) is 14.1. The maximum absolute atomic E-state index is 12.4. The third-order valence-corrected chi connectivity index (χ3v) is 3.14. The Bertz CT molecular complexity index is 691. The summed E-state index contributed by atoms with van der Waals surface area (Å²) in [5.74, 6) is 0.548. The van der Waals surface area contributed by atoms with Gasteiger partial charge in [-0.3, -0.25) is 9.59 Å². The number of aromatic nitrogens is 1. The molecule has 20 heavy (non-hydrogen) atoms. The normalized spacial score (nSPS) is 12.2. The summed E-state index contributed by atoms with van der Waals surface area (Å²) in [6.45, 7) is 3.34. The van der Waals surface area contributed by atoms with Crippen molar-refractivity contribution >= 4 is 16.8 Å². The molecule has 0 aliphatic rings. The van der Waals surface area contributed by atoms with E-state index in [0.717, 1.165) is 5.52 Å². The first-order valence-electron chi connectivity index (χ1n) is 6.46. The van der Waals surface area contributed by atoms with E-state index in [1.54, 1.807) is 25.4 Å². The van der Waals surface area contributed by atoms with Gasteiger partial charge in [0.05, 0.1) is 7.11 Å². The fourth-order valence-corrected chi connectivity index (χ4v) is 2.25. The summed E-state index contributed by atoms with van der Waals surface area (Å²) in [7, 11) is 1.57. The minimum absolute atomic E-state index is 0.0325. The highest BCUT2D eigenvalue weighted by Gasteiger charge is 2.10. The lowest BCUT2D eigenvalue weighted by Gasteiger charge is -2.12. The van der Waals surface area contributed by atoms with Crippen LogP contribution in [-0.4, -0.2) is 24.0 Å². The van der Waals surface area contributed by atoms with E-state index < -0.39 is 0 Å². The van der Waals surface area contributed by atoms with Crippen LogP contribution < -0.4 is 15.5 Å². The molecule has 1 aromatic carbocycles. The van der Waals surface area contributed by atoms with E-state index in [9.17, 15) is 9.59 Å². The number of carbonyl (C=O) groups excluding carboxylic acids is 1. The minimum Gasteiger partial charge on any atom is -0.497 e. The summed E-state index contributed by atoms with van der Waals surface area (Å²) in [4.78, 5) is 26.5. The first-order chi connectivity index (χ1) is 9.51. The zero-order valence-corrected chi connectivity index (χ0v) is 11.8. The van der Waals surface area contributed by atoms with Gasteiger partial charge in [0.1, 0.15) is 5.75 Å². The number of aromatic amines is 1. The highest BCUT2D eigenvalue weighted by Crippen LogP contribution is 2.16. The van der Waals surface area contributed by atoms with E-state index in [4.69, 9.17) is 4.74 Å². The van der Waals surface area contributed by atoms with Crippen molar-refractivity contribution in [1.29, 1.82) is 0 Å². The Morgan fingerprint density at radius 2 is 2.20 bits per heavy atom. The van der Waals surface area contributed by atoms with Crippen LogP contribution in [0, 0.1) is 0 Å². The average Bonchev–Trinajstić information content (AvgIpc) is 2.41. The van der Waals surface area contributed by atoms with Gasteiger partial charge in [0.2, 0.25) is 5.91 Å². The molecule has 106 valence electrons. The van der Waals surface area contributed by atoms with E-state index in [2.05, 4.69) is 10.3 Å². The van der Waals surface area contributed by atoms with Crippen molar-refractivity contribution in [2.75, 3.05) is 7.11 Å². The second-order valence-corrected chi connectivity index (χ2v) is 4.86. The first-order valence-corrected chi connectivity index (χ1v) is 6.46. The monoisotopic (exact) mass is 274 g/mol. The number of pyridine rings is 1. The molecule has 0 bridgehead atoms. The van der Waals surface area contributed by atoms with Crippen molar-refractivity contribution in [3.8, 4) is 5.75 Å². The minimum atomic E-state index is -0.101. The summed E-state index contributed by atoms with van der Waals surface area (Å²) in [5, 5.41) is 3.37. The summed E-state index contributed by atoms with van der Waals surface area (Å²) in [5.41, 5.74) is 1.38. The lowest BCUT2D eigenvalue weighted by Crippen LogP contribution is -2.33. The number of benzene rings is 1. The SMILES string of the molecule is COc1ccc2[nH]cc(CC(C)NC(C)=O)c(=O)c2c1. The van der Waals surface area contributed by atoms with Gasteiger partial charge in [0.15, 0.2) is 5.43 Å². The lowest BCUT2D eigenvalue weighted by molar-refractivity contribution is -0.119. The molecule has 0 radical (unpaired) electrons. The van der Waals surface area contributed by atoms with Gasteiger partial charge in [0, 0.05) is 35.6 Å². The molecule has 2 N–H and O–H groups in total. The Labute approximate surface area is 117 Å². The summed E-state index contributed by atoms with van der Waals surface area (Å²) < 4.78 is 5.14. The van der Waals surface area contributed by atoms with Crippen LogP contribution in [0.1, 0.15) is 19.4 Å². The van der Waals surface area contributed by atoms with Crippen LogP contribution in [0.5, 0.6) is 5.75 Å². The van der Waals surface area contributed by atoms with E-state index in [-0.39, 0.29) is 17.4 Å². The molecule has 1 aromatic heterocycles. The third-order valence-electron chi connectivity index (χ3n) is 3.14. The van der Waals surface area contributed by atoms with Crippen molar-refractivity contribution in [3.05, 3.63) is 40.2 Å². The fourth-order valence-electron chi connectivity index (χ4n) is 2.25. The van der Waals surface area contributed by atoms with Crippen LogP contribution in [-0.2, 0) is 11.2 Å². The molecule has 0 fully saturated rings. The molecule has 0 spiro atoms. The Morgan fingerprint density at radius 1 is 1.45 bits per heavy atom. The van der Waals surface area contributed by atoms with Crippen LogP contribution in [0.25, 0.3) is 10.9 Å². The summed E-state index contributed by atoms with van der Waals surface area (Å²) in [6, 6.07) is 5.26. The quantitative estimate of drug-likeness (QED) is 0.889. The second-order valence-electron chi connectivity index (χ2n) is 4.86. The number of ether oxygens (including phenoxy) is 1. The number of H-pyrrole nitrogens is 1. The molecule has 5 heteroatoms. The summed E-state index contributed by atoms with van der Waals surface area (Å²) in [6.07, 6.45) is 2.19. The standard InChI is InChI=1S/C15H18N2O3/c1-9(17-10(2)18)6-11-8-16-14-5-4-12(20-3)7-13(14)15(11)19/h4-5,7-9H,6H2,1-3H3,(H,16,19)(H,17,18). The summed E-state index contributed by atoms with van der Waals surface area (Å²) >= 11 is 0. The average molecular weight is 274 g/mol. The van der Waals surface area contributed by atoms with Gasteiger partial charge in [-0.25, -0.2) is 0 Å². The molecule has 0 saturated carbocycles. The third kappa shape index (κ3) is 2.99. The smallest absolute Gasteiger partial charge is 0.217 e. The molecule has 0 aliphatic carbocycles. The van der Waals surface area contributed by atoms with Gasteiger partial charge < -0.3 is 15.0 Å². The molecule has 0 aliphatic heterocycles. The van der Waals surface area contributed by atoms with Crippen molar-refractivity contribution in [2.45, 2.75) is 26.3 Å². The molecular formula is C15H18N2O3. The van der Waals surface area contributed by atoms with Crippen LogP contribution in [0.2, 0.25) is 0 Å². The highest BCUT2D eigenvalue weighted by atomic mass is 16.5. The number of nitrogens with one attached hydrogen (secondary N) is 2. The van der Waals surface area contributed by atoms with Gasteiger partial charge >= 0.3 is 0 Å². The molecule has 2 aromatic rings. The van der Waals surface area contributed by atoms with Crippen LogP contribution in [0.15, 0.2) is 29.2 Å². The fraction of sp³-hybridized carbons (Fsp3) is 0.333. The molecular weight excluding hydrogens is 256 g/mol. The van der Waals surface area contributed by atoms with Crippen molar-refractivity contribution in [3.63, 3.8) is 0 Å². The zero-order chi connectivity index (χ0) is 14.7. The molecule has 0 saturated heterocycles. The van der Waals surface area contributed by atoms with Gasteiger partial charge in [-0.15, -0.1) is 0 Å². The topological polar surface area (TPSA) is 71.2 Å². The Hall–Kier alpha value is -2.30. The van der Waals surface area contributed by atoms with E-state index in [1.807, 2.05) is 13.0 Å². The predicted octanol–water partition coefficient (Wildman–Crippen LogP) is 1.60. The number of hydrogen-bond acceptors (Lipinski definition) is 3. The molecule has 1 atom stereocenters. The maximum atomic E-state index is 12.4. The lowest BCUT2D eigenvalue weighted by atomic mass is 10.1. The second kappa shape index (κ2) is 5.77. The van der Waals surface area contributed by atoms with Crippen molar-refractivity contribution in [1.82, 2.24) is 10.3 Å². The number of methoxy groups -OCH3 is 1. The number of fused-ring (bicyclic) bond motifs is 1. The van der Waals surface area contributed by atoms with Gasteiger partial charge in [0.25, 0.3) is 0 Å². The van der Waals surface area contributed by atoms with Crippen LogP contribution >= 0.6 is 0 Å². The van der Waals surface area contributed by atoms with E-state index in [1.165, 1.54) is 6.92 Å². The van der Waals surface area contributed by atoms with E-state index in [0.29, 0.717) is 23.1 Å². The van der Waals surface area contributed by atoms with Crippen LogP contribution in [0.3, 0.4) is 0 Å². The van der Waals surface area contributed by atoms with Gasteiger partial charge in [-0.2, -0.15) is 0 Å². The molecule has 2 rings (SSSR count). The molecule has 5 nitrogen and oxygen atoms in total. The Morgan fingerprint density at radius 3 is 2.85 bits per heavy atom.